The molecule has 1 saturated heterocycles. The molecular formula is C25H26ClN3O. The minimum atomic E-state index is -0.0412. The number of piperazine rings is 1. The first kappa shape index (κ1) is 20.5. The van der Waals surface area contributed by atoms with Crippen molar-refractivity contribution in [3.8, 4) is 0 Å². The fraction of sp³-hybridized carbons (Fsp3) is 0.240. The Balaban J connectivity index is 1.26. The van der Waals surface area contributed by atoms with E-state index in [1.807, 2.05) is 60.7 Å². The van der Waals surface area contributed by atoms with Crippen LogP contribution < -0.4 is 10.2 Å². The van der Waals surface area contributed by atoms with Crippen molar-refractivity contribution in [2.24, 2.45) is 0 Å². The summed E-state index contributed by atoms with van der Waals surface area (Å²) in [7, 11) is 0. The molecule has 1 aliphatic rings. The smallest absolute Gasteiger partial charge is 0.251 e. The number of carbonyl (C=O) groups is 1. The lowest BCUT2D eigenvalue weighted by atomic mass is 10.1. The van der Waals surface area contributed by atoms with E-state index in [2.05, 4.69) is 33.3 Å². The van der Waals surface area contributed by atoms with Gasteiger partial charge in [-0.3, -0.25) is 9.69 Å². The molecule has 0 bridgehead atoms. The van der Waals surface area contributed by atoms with Gasteiger partial charge in [0.2, 0.25) is 0 Å². The number of halogens is 1. The minimum Gasteiger partial charge on any atom is -0.369 e. The third kappa shape index (κ3) is 5.41. The Bertz CT molecular complexity index is 967. The maximum atomic E-state index is 12.4. The fourth-order valence-electron chi connectivity index (χ4n) is 3.74. The van der Waals surface area contributed by atoms with Crippen molar-refractivity contribution in [1.29, 1.82) is 0 Å². The summed E-state index contributed by atoms with van der Waals surface area (Å²) in [6, 6.07) is 25.9. The van der Waals surface area contributed by atoms with Crippen molar-refractivity contribution < 1.29 is 4.79 Å². The summed E-state index contributed by atoms with van der Waals surface area (Å²) in [6.07, 6.45) is 0. The first-order chi connectivity index (χ1) is 14.7. The molecule has 0 spiro atoms. The molecule has 0 unspecified atom stereocenters. The van der Waals surface area contributed by atoms with Crippen molar-refractivity contribution in [3.63, 3.8) is 0 Å². The maximum Gasteiger partial charge on any atom is 0.251 e. The normalized spacial score (nSPS) is 14.5. The summed E-state index contributed by atoms with van der Waals surface area (Å²) >= 11 is 6.12. The van der Waals surface area contributed by atoms with Gasteiger partial charge in [0.25, 0.3) is 5.91 Å². The van der Waals surface area contributed by atoms with Crippen LogP contribution in [0.25, 0.3) is 0 Å². The molecule has 1 fully saturated rings. The molecule has 4 nitrogen and oxygen atoms in total. The van der Waals surface area contributed by atoms with Gasteiger partial charge in [-0.25, -0.2) is 0 Å². The highest BCUT2D eigenvalue weighted by Crippen LogP contribution is 2.21. The van der Waals surface area contributed by atoms with Crippen LogP contribution in [0.1, 0.15) is 21.5 Å². The molecule has 4 rings (SSSR count). The second-order valence-electron chi connectivity index (χ2n) is 7.61. The molecule has 5 heteroatoms. The predicted octanol–water partition coefficient (Wildman–Crippen LogP) is 4.59. The average molecular weight is 420 g/mol. The van der Waals surface area contributed by atoms with Crippen molar-refractivity contribution in [1.82, 2.24) is 10.2 Å². The van der Waals surface area contributed by atoms with Crippen LogP contribution in [0.3, 0.4) is 0 Å². The standard InChI is InChI=1S/C25H26ClN3O/c26-23-7-4-8-24(17-23)29-15-13-28(14-16-29)19-21-9-11-22(12-10-21)25(30)27-18-20-5-2-1-3-6-20/h1-12,17H,13-16,18-19H2,(H,27,30). The van der Waals surface area contributed by atoms with Gasteiger partial charge in [-0.1, -0.05) is 60.1 Å². The van der Waals surface area contributed by atoms with Crippen LogP contribution in [-0.2, 0) is 13.1 Å². The fourth-order valence-corrected chi connectivity index (χ4v) is 3.92. The third-order valence-corrected chi connectivity index (χ3v) is 5.70. The van der Waals surface area contributed by atoms with Crippen LogP contribution in [-0.4, -0.2) is 37.0 Å². The molecule has 0 radical (unpaired) electrons. The number of benzene rings is 3. The Morgan fingerprint density at radius 2 is 1.57 bits per heavy atom. The lowest BCUT2D eigenvalue weighted by Gasteiger charge is -2.36. The van der Waals surface area contributed by atoms with E-state index in [4.69, 9.17) is 11.6 Å². The van der Waals surface area contributed by atoms with Crippen molar-refractivity contribution in [2.45, 2.75) is 13.1 Å². The summed E-state index contributed by atoms with van der Waals surface area (Å²) in [5, 5.41) is 3.76. The van der Waals surface area contributed by atoms with Gasteiger partial charge in [0.15, 0.2) is 0 Å². The number of carbonyl (C=O) groups excluding carboxylic acids is 1. The van der Waals surface area contributed by atoms with E-state index in [1.54, 1.807) is 0 Å². The second-order valence-corrected chi connectivity index (χ2v) is 8.04. The van der Waals surface area contributed by atoms with Gasteiger partial charge in [-0.05, 0) is 41.5 Å². The molecule has 0 atom stereocenters. The van der Waals surface area contributed by atoms with E-state index in [0.717, 1.165) is 43.3 Å². The topological polar surface area (TPSA) is 35.6 Å². The largest absolute Gasteiger partial charge is 0.369 e. The van der Waals surface area contributed by atoms with Crippen LogP contribution in [0, 0.1) is 0 Å². The van der Waals surface area contributed by atoms with E-state index in [9.17, 15) is 4.79 Å². The number of nitrogens with zero attached hydrogens (tertiary/aromatic N) is 2. The molecular weight excluding hydrogens is 394 g/mol. The summed E-state index contributed by atoms with van der Waals surface area (Å²) in [4.78, 5) is 17.2. The van der Waals surface area contributed by atoms with Crippen LogP contribution in [0.4, 0.5) is 5.69 Å². The zero-order valence-electron chi connectivity index (χ0n) is 16.9. The molecule has 0 aromatic heterocycles. The Morgan fingerprint density at radius 1 is 0.833 bits per heavy atom. The van der Waals surface area contributed by atoms with E-state index >= 15 is 0 Å². The SMILES string of the molecule is O=C(NCc1ccccc1)c1ccc(CN2CCN(c3cccc(Cl)c3)CC2)cc1. The molecule has 0 aliphatic carbocycles. The third-order valence-electron chi connectivity index (χ3n) is 5.46. The molecule has 1 N–H and O–H groups in total. The van der Waals surface area contributed by atoms with Gasteiger partial charge in [-0.2, -0.15) is 0 Å². The van der Waals surface area contributed by atoms with Gasteiger partial charge in [-0.15, -0.1) is 0 Å². The number of hydrogen-bond donors (Lipinski definition) is 1. The van der Waals surface area contributed by atoms with Crippen molar-refractivity contribution >= 4 is 23.2 Å². The van der Waals surface area contributed by atoms with Crippen LogP contribution in [0.2, 0.25) is 5.02 Å². The summed E-state index contributed by atoms with van der Waals surface area (Å²) in [5.74, 6) is -0.0412. The first-order valence-corrected chi connectivity index (χ1v) is 10.7. The van der Waals surface area contributed by atoms with E-state index in [-0.39, 0.29) is 5.91 Å². The average Bonchev–Trinajstić information content (AvgIpc) is 2.79. The van der Waals surface area contributed by atoms with Crippen molar-refractivity contribution in [2.75, 3.05) is 31.1 Å². The second kappa shape index (κ2) is 9.79. The Kier molecular flexibility index (Phi) is 6.67. The lowest BCUT2D eigenvalue weighted by molar-refractivity contribution is 0.0951. The minimum absolute atomic E-state index is 0.0412. The highest BCUT2D eigenvalue weighted by molar-refractivity contribution is 6.30. The molecule has 30 heavy (non-hydrogen) atoms. The van der Waals surface area contributed by atoms with Gasteiger partial charge >= 0.3 is 0 Å². The maximum absolute atomic E-state index is 12.4. The zero-order chi connectivity index (χ0) is 20.8. The number of anilines is 1. The summed E-state index contributed by atoms with van der Waals surface area (Å²) < 4.78 is 0. The van der Waals surface area contributed by atoms with Crippen LogP contribution in [0.15, 0.2) is 78.9 Å². The Hall–Kier alpha value is -2.82. The predicted molar refractivity (Wildman–Crippen MR) is 123 cm³/mol. The number of hydrogen-bond acceptors (Lipinski definition) is 3. The molecule has 3 aromatic carbocycles. The van der Waals surface area contributed by atoms with Crippen LogP contribution in [0.5, 0.6) is 0 Å². The Morgan fingerprint density at radius 3 is 2.27 bits per heavy atom. The Labute approximate surface area is 183 Å². The molecule has 0 saturated carbocycles. The molecule has 1 amide bonds. The lowest BCUT2D eigenvalue weighted by Crippen LogP contribution is -2.45. The molecule has 3 aromatic rings. The molecule has 154 valence electrons. The van der Waals surface area contributed by atoms with Gasteiger partial charge in [0, 0.05) is 55.5 Å². The van der Waals surface area contributed by atoms with E-state index in [1.165, 1.54) is 11.3 Å². The van der Waals surface area contributed by atoms with Gasteiger partial charge in [0.05, 0.1) is 0 Å². The van der Waals surface area contributed by atoms with Crippen molar-refractivity contribution in [3.05, 3.63) is 101 Å². The van der Waals surface area contributed by atoms with E-state index < -0.39 is 0 Å². The quantitative estimate of drug-likeness (QED) is 0.634. The zero-order valence-corrected chi connectivity index (χ0v) is 17.7. The summed E-state index contributed by atoms with van der Waals surface area (Å²) in [6.45, 7) is 5.42. The highest BCUT2D eigenvalue weighted by atomic mass is 35.5. The van der Waals surface area contributed by atoms with Crippen LogP contribution >= 0.6 is 11.6 Å². The summed E-state index contributed by atoms with van der Waals surface area (Å²) in [5.41, 5.74) is 4.21. The number of nitrogens with one attached hydrogen (secondary N) is 1. The highest BCUT2D eigenvalue weighted by Gasteiger charge is 2.17. The molecule has 1 aliphatic heterocycles. The number of amides is 1. The molecule has 1 heterocycles. The van der Waals surface area contributed by atoms with Gasteiger partial charge in [0.1, 0.15) is 0 Å². The van der Waals surface area contributed by atoms with Gasteiger partial charge < -0.3 is 10.2 Å². The van der Waals surface area contributed by atoms with E-state index in [0.29, 0.717) is 12.1 Å². The monoisotopic (exact) mass is 419 g/mol. The first-order valence-electron chi connectivity index (χ1n) is 10.3. The number of rotatable bonds is 6.